The smallest absolute Gasteiger partial charge is 0.274 e. The van der Waals surface area contributed by atoms with Crippen molar-refractivity contribution in [3.8, 4) is 10.8 Å². The summed E-state index contributed by atoms with van der Waals surface area (Å²) in [6.45, 7) is 7.76. The minimum Gasteiger partial charge on any atom is -0.414 e. The lowest BCUT2D eigenvalue weighted by Crippen LogP contribution is -3.27. The van der Waals surface area contributed by atoms with E-state index in [2.05, 4.69) is 29.3 Å². The lowest BCUT2D eigenvalue weighted by atomic mass is 10.2. The predicted octanol–water partition coefficient (Wildman–Crippen LogP) is 1.50. The van der Waals surface area contributed by atoms with Gasteiger partial charge < -0.3 is 14.2 Å². The van der Waals surface area contributed by atoms with Gasteiger partial charge in [-0.1, -0.05) is 29.8 Å². The molecule has 0 amide bonds. The second kappa shape index (κ2) is 7.88. The topological polar surface area (TPSA) is 47.8 Å². The molecule has 136 valence electrons. The molecule has 1 saturated heterocycles. The van der Waals surface area contributed by atoms with Crippen molar-refractivity contribution in [3.05, 3.63) is 58.3 Å². The second-order valence-corrected chi connectivity index (χ2v) is 8.24. The Morgan fingerprint density at radius 2 is 1.88 bits per heavy atom. The summed E-state index contributed by atoms with van der Waals surface area (Å²) in [6.07, 6.45) is 0. The first-order valence-corrected chi connectivity index (χ1v) is 10.2. The summed E-state index contributed by atoms with van der Waals surface area (Å²) < 4.78 is 5.92. The van der Waals surface area contributed by atoms with E-state index in [1.54, 1.807) is 16.2 Å². The Kier molecular flexibility index (Phi) is 5.36. The van der Waals surface area contributed by atoms with Crippen LogP contribution in [0.5, 0.6) is 0 Å². The minimum absolute atomic E-state index is 0.230. The van der Waals surface area contributed by atoms with Crippen LogP contribution in [0.25, 0.3) is 10.8 Å². The summed E-state index contributed by atoms with van der Waals surface area (Å²) in [6, 6.07) is 12.4. The van der Waals surface area contributed by atoms with Gasteiger partial charge in [0.25, 0.3) is 11.8 Å². The number of piperazine rings is 1. The van der Waals surface area contributed by atoms with Gasteiger partial charge in [0.1, 0.15) is 32.7 Å². The minimum atomic E-state index is 0.230. The monoisotopic (exact) mass is 390 g/mol. The van der Waals surface area contributed by atoms with Crippen molar-refractivity contribution in [1.29, 1.82) is 0 Å². The van der Waals surface area contributed by atoms with Gasteiger partial charge in [-0.3, -0.25) is 0 Å². The van der Waals surface area contributed by atoms with E-state index in [-0.39, 0.29) is 6.04 Å². The van der Waals surface area contributed by atoms with E-state index in [0.29, 0.717) is 5.89 Å². The zero-order valence-corrected chi connectivity index (χ0v) is 16.3. The highest BCUT2D eigenvalue weighted by molar-refractivity contribution is 7.13. The summed E-state index contributed by atoms with van der Waals surface area (Å²) in [7, 11) is 0. The maximum absolute atomic E-state index is 5.97. The molecule has 5 nitrogen and oxygen atoms in total. The van der Waals surface area contributed by atoms with Crippen molar-refractivity contribution >= 4 is 22.9 Å². The number of nitrogens with one attached hydrogen (secondary N) is 2. The Morgan fingerprint density at radius 1 is 1.12 bits per heavy atom. The summed E-state index contributed by atoms with van der Waals surface area (Å²) in [4.78, 5) is 4.17. The van der Waals surface area contributed by atoms with E-state index < -0.39 is 0 Å². The molecule has 4 rings (SSSR count). The van der Waals surface area contributed by atoms with E-state index in [4.69, 9.17) is 16.0 Å². The van der Waals surface area contributed by atoms with Crippen molar-refractivity contribution in [3.63, 3.8) is 0 Å². The van der Waals surface area contributed by atoms with Crippen LogP contribution in [0.2, 0.25) is 5.02 Å². The van der Waals surface area contributed by atoms with E-state index in [1.165, 1.54) is 10.5 Å². The highest BCUT2D eigenvalue weighted by atomic mass is 35.5. The molecule has 2 aromatic heterocycles. The molecule has 1 fully saturated rings. The average Bonchev–Trinajstić information content (AvgIpc) is 3.35. The number of thiophene rings is 1. The Labute approximate surface area is 162 Å². The van der Waals surface area contributed by atoms with Crippen LogP contribution in [-0.4, -0.2) is 36.4 Å². The van der Waals surface area contributed by atoms with Crippen LogP contribution in [0, 0.1) is 0 Å². The number of hydrogen-bond acceptors (Lipinski definition) is 4. The molecule has 26 heavy (non-hydrogen) atoms. The molecular weight excluding hydrogens is 368 g/mol. The number of quaternary nitrogens is 2. The number of rotatable bonds is 5. The second-order valence-electron chi connectivity index (χ2n) is 6.86. The van der Waals surface area contributed by atoms with Crippen LogP contribution in [0.4, 0.5) is 0 Å². The first-order chi connectivity index (χ1) is 12.7. The van der Waals surface area contributed by atoms with Crippen molar-refractivity contribution in [1.82, 2.24) is 10.2 Å². The van der Waals surface area contributed by atoms with Crippen LogP contribution in [0.3, 0.4) is 0 Å². The quantitative estimate of drug-likeness (QED) is 0.694. The van der Waals surface area contributed by atoms with Crippen molar-refractivity contribution in [2.24, 2.45) is 0 Å². The van der Waals surface area contributed by atoms with Gasteiger partial charge in [-0.25, -0.2) is 0 Å². The van der Waals surface area contributed by atoms with Gasteiger partial charge in [0, 0.05) is 10.6 Å². The fourth-order valence-corrected chi connectivity index (χ4v) is 4.28. The van der Waals surface area contributed by atoms with E-state index >= 15 is 0 Å². The molecule has 3 aromatic rings. The molecule has 1 aliphatic heterocycles. The molecule has 3 heterocycles. The molecule has 1 aromatic carbocycles. The van der Waals surface area contributed by atoms with Crippen molar-refractivity contribution in [2.75, 3.05) is 26.2 Å². The summed E-state index contributed by atoms with van der Waals surface area (Å²) in [5.74, 6) is 1.37. The highest BCUT2D eigenvalue weighted by Crippen LogP contribution is 2.24. The van der Waals surface area contributed by atoms with Crippen molar-refractivity contribution < 1.29 is 14.2 Å². The first-order valence-electron chi connectivity index (χ1n) is 8.99. The normalized spacial score (nSPS) is 21.6. The summed E-state index contributed by atoms with van der Waals surface area (Å²) >= 11 is 7.60. The van der Waals surface area contributed by atoms with E-state index in [1.807, 2.05) is 29.6 Å². The molecule has 0 aliphatic carbocycles. The van der Waals surface area contributed by atoms with Gasteiger partial charge in [-0.05, 0) is 30.5 Å². The van der Waals surface area contributed by atoms with Gasteiger partial charge in [-0.2, -0.15) is 0 Å². The fraction of sp³-hybridized carbons (Fsp3) is 0.368. The highest BCUT2D eigenvalue weighted by Gasteiger charge is 2.31. The lowest BCUT2D eigenvalue weighted by molar-refractivity contribution is -1.03. The molecule has 7 heteroatoms. The maximum atomic E-state index is 5.97. The first kappa shape index (κ1) is 17.7. The van der Waals surface area contributed by atoms with E-state index in [0.717, 1.165) is 48.5 Å². The zero-order valence-electron chi connectivity index (χ0n) is 14.7. The Hall–Kier alpha value is -1.73. The van der Waals surface area contributed by atoms with Gasteiger partial charge in [0.05, 0.1) is 4.88 Å². The molecule has 0 spiro atoms. The summed E-state index contributed by atoms with van der Waals surface area (Å²) in [5, 5.41) is 11.3. The third kappa shape index (κ3) is 3.99. The van der Waals surface area contributed by atoms with Crippen LogP contribution in [0.15, 0.2) is 46.2 Å². The van der Waals surface area contributed by atoms with Gasteiger partial charge in [0.15, 0.2) is 6.04 Å². The third-order valence-electron chi connectivity index (χ3n) is 5.12. The Bertz CT molecular complexity index is 826. The van der Waals surface area contributed by atoms with Gasteiger partial charge >= 0.3 is 0 Å². The molecule has 0 saturated carbocycles. The largest absolute Gasteiger partial charge is 0.414 e. The lowest BCUT2D eigenvalue weighted by Gasteiger charge is -2.32. The molecule has 1 atom stereocenters. The van der Waals surface area contributed by atoms with E-state index in [9.17, 15) is 0 Å². The molecular formula is C19H23ClN4OS+2. The maximum Gasteiger partial charge on any atom is 0.274 e. The molecule has 0 unspecified atom stereocenters. The molecule has 0 radical (unpaired) electrons. The molecule has 1 aliphatic rings. The van der Waals surface area contributed by atoms with Gasteiger partial charge in [0.2, 0.25) is 0 Å². The third-order valence-corrected chi connectivity index (χ3v) is 6.23. The number of halogens is 1. The molecule has 2 N–H and O–H groups in total. The van der Waals surface area contributed by atoms with Crippen LogP contribution < -0.4 is 9.80 Å². The predicted molar refractivity (Wildman–Crippen MR) is 103 cm³/mol. The van der Waals surface area contributed by atoms with Crippen LogP contribution >= 0.6 is 22.9 Å². The molecule has 0 bridgehead atoms. The number of aromatic nitrogens is 2. The number of hydrogen-bond donors (Lipinski definition) is 2. The number of benzene rings is 1. The average molecular weight is 391 g/mol. The number of nitrogens with zero attached hydrogens (tertiary/aromatic N) is 2. The standard InChI is InChI=1S/C19H21ClN4OS/c1-14(18-21-22-19(25-18)17-3-2-12-26-17)24-10-8-23(9-11-24)13-15-4-6-16(20)7-5-15/h2-7,12,14H,8-11,13H2,1H3/p+2/t14-/m0/s1. The summed E-state index contributed by atoms with van der Waals surface area (Å²) in [5.41, 5.74) is 1.35. The van der Waals surface area contributed by atoms with Crippen LogP contribution in [0.1, 0.15) is 24.4 Å². The SMILES string of the molecule is C[C@@H](c1nnc(-c2cccs2)o1)[NH+]1CC[NH+](Cc2ccc(Cl)cc2)CC1. The van der Waals surface area contributed by atoms with Gasteiger partial charge in [-0.15, -0.1) is 21.5 Å². The fourth-order valence-electron chi connectivity index (χ4n) is 3.51. The van der Waals surface area contributed by atoms with Crippen molar-refractivity contribution in [2.45, 2.75) is 19.5 Å². The zero-order chi connectivity index (χ0) is 17.9. The van der Waals surface area contributed by atoms with Crippen LogP contribution in [-0.2, 0) is 6.54 Å². The Morgan fingerprint density at radius 3 is 2.58 bits per heavy atom. The Balaban J connectivity index is 1.33.